The Kier molecular flexibility index (Phi) is 2.25. The number of aryl methyl sites for hydroxylation is 1. The third-order valence-electron chi connectivity index (χ3n) is 4.52. The van der Waals surface area contributed by atoms with E-state index >= 15 is 0 Å². The average Bonchev–Trinajstić information content (AvgIpc) is 2.76. The Morgan fingerprint density at radius 3 is 2.40 bits per heavy atom. The van der Waals surface area contributed by atoms with Gasteiger partial charge in [-0.2, -0.15) is 0 Å². The van der Waals surface area contributed by atoms with E-state index in [4.69, 9.17) is 0 Å². The van der Waals surface area contributed by atoms with Gasteiger partial charge in [0, 0.05) is 24.4 Å². The van der Waals surface area contributed by atoms with Crippen LogP contribution >= 0.6 is 0 Å². The molecule has 0 N–H and O–H groups in total. The second kappa shape index (κ2) is 3.89. The Labute approximate surface area is 119 Å². The summed E-state index contributed by atoms with van der Waals surface area (Å²) >= 11 is 0. The second-order valence-electron chi connectivity index (χ2n) is 5.70. The number of para-hydroxylation sites is 1. The van der Waals surface area contributed by atoms with Crippen molar-refractivity contribution in [1.29, 1.82) is 0 Å². The quantitative estimate of drug-likeness (QED) is 0.706. The van der Waals surface area contributed by atoms with Crippen LogP contribution in [0.5, 0.6) is 0 Å². The molecule has 1 unspecified atom stereocenters. The molecule has 2 nitrogen and oxygen atoms in total. The minimum Gasteiger partial charge on any atom is -0.358 e. The molecule has 0 saturated heterocycles. The third kappa shape index (κ3) is 1.34. The Bertz CT molecular complexity index is 730. The van der Waals surface area contributed by atoms with Crippen molar-refractivity contribution in [1.82, 2.24) is 4.90 Å². The predicted octanol–water partition coefficient (Wildman–Crippen LogP) is 4.07. The fourth-order valence-electron chi connectivity index (χ4n) is 3.39. The summed E-state index contributed by atoms with van der Waals surface area (Å²) in [6.45, 7) is 4.46. The molecular weight excluding hydrogens is 244 g/mol. The predicted molar refractivity (Wildman–Crippen MR) is 84.3 cm³/mol. The molecule has 0 bridgehead atoms. The van der Waals surface area contributed by atoms with Crippen LogP contribution in [0, 0.1) is 6.92 Å². The molecule has 2 heterocycles. The zero-order chi connectivity index (χ0) is 13.9. The summed E-state index contributed by atoms with van der Waals surface area (Å²) in [5.41, 5.74) is 8.04. The number of benzene rings is 2. The highest BCUT2D eigenvalue weighted by molar-refractivity contribution is 6.00. The van der Waals surface area contributed by atoms with E-state index in [2.05, 4.69) is 79.4 Å². The van der Waals surface area contributed by atoms with Gasteiger partial charge >= 0.3 is 0 Å². The number of hydrogen-bond acceptors (Lipinski definition) is 2. The maximum Gasteiger partial charge on any atom is 0.103 e. The van der Waals surface area contributed by atoms with Crippen molar-refractivity contribution in [3.05, 3.63) is 59.8 Å². The van der Waals surface area contributed by atoms with E-state index in [1.165, 1.54) is 33.6 Å². The Hall–Kier alpha value is -2.22. The molecule has 0 fully saturated rings. The summed E-state index contributed by atoms with van der Waals surface area (Å²) in [7, 11) is 2.15. The van der Waals surface area contributed by atoms with Gasteiger partial charge < -0.3 is 9.80 Å². The van der Waals surface area contributed by atoms with Crippen LogP contribution in [0.2, 0.25) is 0 Å². The van der Waals surface area contributed by atoms with E-state index in [0.29, 0.717) is 6.17 Å². The zero-order valence-corrected chi connectivity index (χ0v) is 12.1. The lowest BCUT2D eigenvalue weighted by Crippen LogP contribution is -2.36. The van der Waals surface area contributed by atoms with Gasteiger partial charge in [0.2, 0.25) is 0 Å². The van der Waals surface area contributed by atoms with Crippen molar-refractivity contribution in [2.75, 3.05) is 11.9 Å². The molecule has 1 atom stereocenters. The van der Waals surface area contributed by atoms with Crippen LogP contribution in [0.25, 0.3) is 16.8 Å². The normalized spacial score (nSPS) is 19.4. The molecule has 20 heavy (non-hydrogen) atoms. The van der Waals surface area contributed by atoms with Gasteiger partial charge in [-0.15, -0.1) is 0 Å². The molecule has 0 aliphatic carbocycles. The fraction of sp³-hybridized carbons (Fsp3) is 0.222. The van der Waals surface area contributed by atoms with Gasteiger partial charge in [0.25, 0.3) is 0 Å². The van der Waals surface area contributed by atoms with Crippen molar-refractivity contribution in [3.63, 3.8) is 0 Å². The molecule has 2 aromatic carbocycles. The molecule has 2 heteroatoms. The van der Waals surface area contributed by atoms with E-state index in [1.807, 2.05) is 0 Å². The first-order valence-corrected chi connectivity index (χ1v) is 7.11. The molecule has 0 saturated carbocycles. The maximum absolute atomic E-state index is 2.47. The van der Waals surface area contributed by atoms with E-state index in [0.717, 1.165) is 0 Å². The summed E-state index contributed by atoms with van der Waals surface area (Å²) in [6.07, 6.45) is 2.62. The van der Waals surface area contributed by atoms with Crippen LogP contribution in [-0.2, 0) is 0 Å². The Balaban J connectivity index is 2.10. The molecule has 2 aliphatic heterocycles. The summed E-state index contributed by atoms with van der Waals surface area (Å²) in [5.74, 6) is 0. The summed E-state index contributed by atoms with van der Waals surface area (Å²) in [4.78, 5) is 4.75. The van der Waals surface area contributed by atoms with Gasteiger partial charge in [0.1, 0.15) is 6.17 Å². The van der Waals surface area contributed by atoms with Crippen LogP contribution < -0.4 is 4.90 Å². The first-order valence-electron chi connectivity index (χ1n) is 7.11. The van der Waals surface area contributed by atoms with Gasteiger partial charge in [-0.1, -0.05) is 42.5 Å². The van der Waals surface area contributed by atoms with Crippen LogP contribution in [0.15, 0.2) is 48.7 Å². The second-order valence-corrected chi connectivity index (χ2v) is 5.70. The third-order valence-corrected chi connectivity index (χ3v) is 4.52. The monoisotopic (exact) mass is 262 g/mol. The van der Waals surface area contributed by atoms with Crippen molar-refractivity contribution in [3.8, 4) is 11.1 Å². The molecule has 0 radical (unpaired) electrons. The number of anilines is 1. The lowest BCUT2D eigenvalue weighted by atomic mass is 9.90. The molecule has 4 rings (SSSR count). The first kappa shape index (κ1) is 11.6. The first-order chi connectivity index (χ1) is 9.68. The lowest BCUT2D eigenvalue weighted by Gasteiger charge is -2.36. The van der Waals surface area contributed by atoms with Crippen LogP contribution in [0.4, 0.5) is 5.69 Å². The van der Waals surface area contributed by atoms with Gasteiger partial charge in [-0.25, -0.2) is 0 Å². The topological polar surface area (TPSA) is 6.48 Å². The summed E-state index contributed by atoms with van der Waals surface area (Å²) in [5, 5.41) is 0. The molecule has 100 valence electrons. The van der Waals surface area contributed by atoms with Crippen molar-refractivity contribution >= 4 is 11.4 Å². The van der Waals surface area contributed by atoms with Crippen molar-refractivity contribution < 1.29 is 0 Å². The molecule has 0 spiro atoms. The summed E-state index contributed by atoms with van der Waals surface area (Å²) in [6, 6.07) is 15.3. The van der Waals surface area contributed by atoms with Gasteiger partial charge in [-0.3, -0.25) is 0 Å². The molecule has 0 aromatic heterocycles. The van der Waals surface area contributed by atoms with Crippen molar-refractivity contribution in [2.45, 2.75) is 20.0 Å². The minimum absolute atomic E-state index is 0.359. The molecule has 0 amide bonds. The van der Waals surface area contributed by atoms with Gasteiger partial charge in [-0.05, 0) is 25.0 Å². The van der Waals surface area contributed by atoms with E-state index < -0.39 is 0 Å². The number of fused-ring (bicyclic) bond motifs is 6. The van der Waals surface area contributed by atoms with E-state index in [9.17, 15) is 0 Å². The molecule has 2 aliphatic rings. The number of nitrogens with zero attached hydrogens (tertiary/aromatic N) is 2. The lowest BCUT2D eigenvalue weighted by molar-refractivity contribution is 0.383. The fourth-order valence-corrected chi connectivity index (χ4v) is 3.39. The van der Waals surface area contributed by atoms with Crippen LogP contribution in [0.3, 0.4) is 0 Å². The van der Waals surface area contributed by atoms with E-state index in [-0.39, 0.29) is 0 Å². The SMILES string of the molecule is Cc1cccc2c1N1C(=CN(C)C1C)c1ccccc1-2. The highest BCUT2D eigenvalue weighted by Crippen LogP contribution is 2.48. The van der Waals surface area contributed by atoms with Gasteiger partial charge in [0.05, 0.1) is 11.4 Å². The minimum atomic E-state index is 0.359. The average molecular weight is 262 g/mol. The standard InChI is InChI=1S/C18H18N2/c1-12-7-6-10-16-14-8-4-5-9-15(14)17-11-19(3)13(2)20(17)18(12)16/h4-11,13H,1-3H3. The largest absolute Gasteiger partial charge is 0.358 e. The van der Waals surface area contributed by atoms with Gasteiger partial charge in [0.15, 0.2) is 0 Å². The Morgan fingerprint density at radius 2 is 1.60 bits per heavy atom. The number of hydrogen-bond donors (Lipinski definition) is 0. The van der Waals surface area contributed by atoms with Crippen molar-refractivity contribution in [2.24, 2.45) is 0 Å². The zero-order valence-electron chi connectivity index (χ0n) is 12.1. The molecule has 2 aromatic rings. The smallest absolute Gasteiger partial charge is 0.103 e. The maximum atomic E-state index is 2.47. The Morgan fingerprint density at radius 1 is 0.900 bits per heavy atom. The highest BCUT2D eigenvalue weighted by atomic mass is 15.4. The molecular formula is C18H18N2. The number of rotatable bonds is 0. The summed E-state index contributed by atoms with van der Waals surface area (Å²) < 4.78 is 0. The van der Waals surface area contributed by atoms with E-state index in [1.54, 1.807) is 0 Å². The van der Waals surface area contributed by atoms with Crippen LogP contribution in [-0.4, -0.2) is 18.1 Å². The van der Waals surface area contributed by atoms with Crippen LogP contribution in [0.1, 0.15) is 18.1 Å². The highest BCUT2D eigenvalue weighted by Gasteiger charge is 2.35.